The molecule has 1 aromatic rings. The van der Waals surface area contributed by atoms with Crippen molar-refractivity contribution in [3.63, 3.8) is 0 Å². The average molecular weight is 160 g/mol. The molecule has 0 spiro atoms. The highest BCUT2D eigenvalue weighted by atomic mass is 16.1. The van der Waals surface area contributed by atoms with Gasteiger partial charge in [0.1, 0.15) is 0 Å². The van der Waals surface area contributed by atoms with E-state index in [9.17, 15) is 4.79 Å². The number of fused-ring (bicyclic) bond motifs is 1. The molecular weight excluding hydrogens is 152 g/mol. The Morgan fingerprint density at radius 2 is 2.08 bits per heavy atom. The predicted molar refractivity (Wildman–Crippen MR) is 44.0 cm³/mol. The molecule has 1 aromatic carbocycles. The third-order valence-corrected chi connectivity index (χ3v) is 1.96. The van der Waals surface area contributed by atoms with E-state index < -0.39 is 0 Å². The standard InChI is InChI=1S/C9H8N2O/c1-6-7-4-2-3-5-8(7)9(12)11-10-6/h2-6H,1H3. The molecule has 0 N–H and O–H groups in total. The molecule has 0 saturated heterocycles. The molecule has 0 bridgehead atoms. The Balaban J connectivity index is 2.61. The highest BCUT2D eigenvalue weighted by Crippen LogP contribution is 2.25. The summed E-state index contributed by atoms with van der Waals surface area (Å²) in [6.07, 6.45) is 0. The summed E-state index contributed by atoms with van der Waals surface area (Å²) >= 11 is 0. The Labute approximate surface area is 70.1 Å². The van der Waals surface area contributed by atoms with Gasteiger partial charge in [-0.05, 0) is 18.6 Å². The summed E-state index contributed by atoms with van der Waals surface area (Å²) in [5, 5.41) is 7.37. The van der Waals surface area contributed by atoms with Crippen molar-refractivity contribution in [3.05, 3.63) is 35.4 Å². The van der Waals surface area contributed by atoms with Gasteiger partial charge in [-0.25, -0.2) is 0 Å². The van der Waals surface area contributed by atoms with Gasteiger partial charge in [-0.15, -0.1) is 5.11 Å². The van der Waals surface area contributed by atoms with Crippen molar-refractivity contribution in [1.29, 1.82) is 0 Å². The summed E-state index contributed by atoms with van der Waals surface area (Å²) in [6, 6.07) is 7.45. The van der Waals surface area contributed by atoms with E-state index in [0.717, 1.165) is 5.56 Å². The molecule has 0 aliphatic carbocycles. The zero-order valence-corrected chi connectivity index (χ0v) is 6.69. The number of carbonyl (C=O) groups is 1. The van der Waals surface area contributed by atoms with Crippen LogP contribution < -0.4 is 0 Å². The average Bonchev–Trinajstić information content (AvgIpc) is 2.12. The second-order valence-electron chi connectivity index (χ2n) is 2.78. The topological polar surface area (TPSA) is 41.8 Å². The summed E-state index contributed by atoms with van der Waals surface area (Å²) < 4.78 is 0. The summed E-state index contributed by atoms with van der Waals surface area (Å²) in [4.78, 5) is 11.2. The molecule has 0 radical (unpaired) electrons. The fourth-order valence-corrected chi connectivity index (χ4v) is 1.31. The molecule has 1 aliphatic rings. The van der Waals surface area contributed by atoms with Gasteiger partial charge in [0.05, 0.1) is 6.04 Å². The monoisotopic (exact) mass is 160 g/mol. The van der Waals surface area contributed by atoms with Crippen LogP contribution in [-0.4, -0.2) is 5.91 Å². The number of carbonyl (C=O) groups excluding carboxylic acids is 1. The van der Waals surface area contributed by atoms with Gasteiger partial charge in [0.25, 0.3) is 5.91 Å². The maximum atomic E-state index is 11.2. The number of nitrogens with zero attached hydrogens (tertiary/aromatic N) is 2. The third kappa shape index (κ3) is 0.942. The molecular formula is C9H8N2O. The van der Waals surface area contributed by atoms with Crippen molar-refractivity contribution in [3.8, 4) is 0 Å². The lowest BCUT2D eigenvalue weighted by Gasteiger charge is -2.12. The van der Waals surface area contributed by atoms with Crippen LogP contribution in [0.3, 0.4) is 0 Å². The van der Waals surface area contributed by atoms with Crippen LogP contribution in [-0.2, 0) is 0 Å². The van der Waals surface area contributed by atoms with Gasteiger partial charge in [0, 0.05) is 5.56 Å². The number of hydrogen-bond donors (Lipinski definition) is 0. The van der Waals surface area contributed by atoms with E-state index >= 15 is 0 Å². The van der Waals surface area contributed by atoms with Gasteiger partial charge >= 0.3 is 0 Å². The maximum Gasteiger partial charge on any atom is 0.295 e. The van der Waals surface area contributed by atoms with Gasteiger partial charge in [-0.2, -0.15) is 5.11 Å². The van der Waals surface area contributed by atoms with E-state index in [4.69, 9.17) is 0 Å². The first kappa shape index (κ1) is 7.16. The Morgan fingerprint density at radius 1 is 1.33 bits per heavy atom. The lowest BCUT2D eigenvalue weighted by Crippen LogP contribution is -2.07. The van der Waals surface area contributed by atoms with Crippen molar-refractivity contribution >= 4 is 5.91 Å². The Kier molecular flexibility index (Phi) is 1.50. The van der Waals surface area contributed by atoms with Gasteiger partial charge < -0.3 is 0 Å². The van der Waals surface area contributed by atoms with E-state index in [-0.39, 0.29) is 11.9 Å². The zero-order chi connectivity index (χ0) is 8.55. The molecule has 3 heteroatoms. The van der Waals surface area contributed by atoms with Crippen LogP contribution in [0.15, 0.2) is 34.5 Å². The highest BCUT2D eigenvalue weighted by Gasteiger charge is 2.19. The first-order chi connectivity index (χ1) is 5.79. The normalized spacial score (nSPS) is 20.8. The first-order valence-electron chi connectivity index (χ1n) is 3.83. The van der Waals surface area contributed by atoms with Gasteiger partial charge in [-0.3, -0.25) is 4.79 Å². The Bertz CT molecular complexity index is 357. The first-order valence-corrected chi connectivity index (χ1v) is 3.83. The summed E-state index contributed by atoms with van der Waals surface area (Å²) in [7, 11) is 0. The summed E-state index contributed by atoms with van der Waals surface area (Å²) in [6.45, 7) is 1.93. The van der Waals surface area contributed by atoms with Crippen molar-refractivity contribution in [1.82, 2.24) is 0 Å². The molecule has 60 valence electrons. The Morgan fingerprint density at radius 3 is 2.83 bits per heavy atom. The van der Waals surface area contributed by atoms with Gasteiger partial charge in [-0.1, -0.05) is 18.2 Å². The van der Waals surface area contributed by atoms with Gasteiger partial charge in [0.2, 0.25) is 0 Å². The predicted octanol–water partition coefficient (Wildman–Crippen LogP) is 2.35. The molecule has 1 aliphatic heterocycles. The molecule has 1 unspecified atom stereocenters. The van der Waals surface area contributed by atoms with Gasteiger partial charge in [0.15, 0.2) is 0 Å². The van der Waals surface area contributed by atoms with Crippen LogP contribution >= 0.6 is 0 Å². The summed E-state index contributed by atoms with van der Waals surface area (Å²) in [5.41, 5.74) is 1.65. The van der Waals surface area contributed by atoms with E-state index in [1.54, 1.807) is 6.07 Å². The second kappa shape index (κ2) is 2.52. The third-order valence-electron chi connectivity index (χ3n) is 1.96. The van der Waals surface area contributed by atoms with E-state index in [0.29, 0.717) is 5.56 Å². The minimum absolute atomic E-state index is 0.0129. The molecule has 2 rings (SSSR count). The van der Waals surface area contributed by atoms with Crippen molar-refractivity contribution < 1.29 is 4.79 Å². The second-order valence-corrected chi connectivity index (χ2v) is 2.78. The highest BCUT2D eigenvalue weighted by molar-refractivity contribution is 5.96. The maximum absolute atomic E-state index is 11.2. The lowest BCUT2D eigenvalue weighted by atomic mass is 10.0. The number of azo groups is 1. The van der Waals surface area contributed by atoms with Crippen LogP contribution in [0.25, 0.3) is 0 Å². The van der Waals surface area contributed by atoms with Crippen LogP contribution in [0.1, 0.15) is 28.9 Å². The van der Waals surface area contributed by atoms with Crippen molar-refractivity contribution in [2.45, 2.75) is 13.0 Å². The minimum Gasteiger partial charge on any atom is -0.265 e. The van der Waals surface area contributed by atoms with Crippen LogP contribution in [0.5, 0.6) is 0 Å². The molecule has 1 atom stereocenters. The molecule has 3 nitrogen and oxygen atoms in total. The minimum atomic E-state index is -0.233. The SMILES string of the molecule is CC1N=NC(=O)c2ccccc21. The molecule has 12 heavy (non-hydrogen) atoms. The largest absolute Gasteiger partial charge is 0.295 e. The number of rotatable bonds is 0. The molecule has 1 heterocycles. The van der Waals surface area contributed by atoms with E-state index in [2.05, 4.69) is 10.2 Å². The number of amides is 1. The fraction of sp³-hybridized carbons (Fsp3) is 0.222. The molecule has 0 fully saturated rings. The number of benzene rings is 1. The van der Waals surface area contributed by atoms with Crippen LogP contribution in [0, 0.1) is 0 Å². The van der Waals surface area contributed by atoms with Crippen LogP contribution in [0.2, 0.25) is 0 Å². The molecule has 0 aromatic heterocycles. The smallest absolute Gasteiger partial charge is 0.265 e. The Hall–Kier alpha value is -1.51. The molecule has 0 saturated carbocycles. The fourth-order valence-electron chi connectivity index (χ4n) is 1.31. The zero-order valence-electron chi connectivity index (χ0n) is 6.69. The van der Waals surface area contributed by atoms with Crippen molar-refractivity contribution in [2.75, 3.05) is 0 Å². The lowest BCUT2D eigenvalue weighted by molar-refractivity contribution is 0.0985. The summed E-state index contributed by atoms with van der Waals surface area (Å²) in [5.74, 6) is -0.233. The van der Waals surface area contributed by atoms with Crippen LogP contribution in [0.4, 0.5) is 0 Å². The van der Waals surface area contributed by atoms with E-state index in [1.807, 2.05) is 25.1 Å². The molecule has 1 amide bonds. The van der Waals surface area contributed by atoms with E-state index in [1.165, 1.54) is 0 Å². The quantitative estimate of drug-likeness (QED) is 0.574. The van der Waals surface area contributed by atoms with Crippen molar-refractivity contribution in [2.24, 2.45) is 10.2 Å². The number of hydrogen-bond acceptors (Lipinski definition) is 2.